The van der Waals surface area contributed by atoms with Crippen LogP contribution in [0.3, 0.4) is 0 Å². The van der Waals surface area contributed by atoms with Gasteiger partial charge in [0, 0.05) is 5.88 Å². The summed E-state index contributed by atoms with van der Waals surface area (Å²) in [6.07, 6.45) is 22.4. The van der Waals surface area contributed by atoms with Gasteiger partial charge in [-0.2, -0.15) is 0 Å². The van der Waals surface area contributed by atoms with Crippen molar-refractivity contribution in [3.05, 3.63) is 12.2 Å². The molecule has 0 saturated heterocycles. The predicted molar refractivity (Wildman–Crippen MR) is 85.6 cm³/mol. The second-order valence-corrected chi connectivity index (χ2v) is 5.65. The van der Waals surface area contributed by atoms with Crippen molar-refractivity contribution in [2.75, 3.05) is 5.88 Å². The minimum atomic E-state index is 0.836. The Hall–Kier alpha value is 0.0300. The van der Waals surface area contributed by atoms with Crippen molar-refractivity contribution in [2.24, 2.45) is 0 Å². The fourth-order valence-electron chi connectivity index (χ4n) is 2.17. The fraction of sp³-hybridized carbons (Fsp3) is 0.882. The maximum atomic E-state index is 5.64. The molecule has 108 valence electrons. The average Bonchev–Trinajstić information content (AvgIpc) is 2.39. The van der Waals surface area contributed by atoms with Crippen LogP contribution in [0.15, 0.2) is 12.2 Å². The first-order chi connectivity index (χ1) is 8.91. The third-order valence-electron chi connectivity index (χ3n) is 3.40. The van der Waals surface area contributed by atoms with Crippen LogP contribution in [-0.2, 0) is 0 Å². The van der Waals surface area contributed by atoms with E-state index in [1.165, 1.54) is 83.5 Å². The van der Waals surface area contributed by atoms with Gasteiger partial charge in [0.05, 0.1) is 0 Å². The summed E-state index contributed by atoms with van der Waals surface area (Å²) >= 11 is 5.64. The highest BCUT2D eigenvalue weighted by Gasteiger charge is 1.90. The van der Waals surface area contributed by atoms with Crippen LogP contribution in [0.2, 0.25) is 0 Å². The van der Waals surface area contributed by atoms with Crippen molar-refractivity contribution in [2.45, 2.75) is 90.4 Å². The Labute approximate surface area is 120 Å². The van der Waals surface area contributed by atoms with Crippen LogP contribution in [0.1, 0.15) is 90.4 Å². The van der Waals surface area contributed by atoms with Gasteiger partial charge in [-0.1, -0.05) is 70.4 Å². The normalized spacial score (nSPS) is 11.4. The van der Waals surface area contributed by atoms with Crippen LogP contribution >= 0.6 is 11.6 Å². The lowest BCUT2D eigenvalue weighted by Crippen LogP contribution is -1.81. The lowest BCUT2D eigenvalue weighted by Gasteiger charge is -1.99. The first-order valence-electron chi connectivity index (χ1n) is 8.12. The Balaban J connectivity index is 2.99. The number of unbranched alkanes of at least 4 members (excludes halogenated alkanes) is 11. The molecule has 0 aliphatic carbocycles. The summed E-state index contributed by atoms with van der Waals surface area (Å²) in [5.74, 6) is 0.836. The summed E-state index contributed by atoms with van der Waals surface area (Å²) < 4.78 is 0. The molecule has 0 N–H and O–H groups in total. The van der Waals surface area contributed by atoms with Gasteiger partial charge in [0.1, 0.15) is 0 Å². The largest absolute Gasteiger partial charge is 0.127 e. The van der Waals surface area contributed by atoms with E-state index in [1.807, 2.05) is 0 Å². The quantitative estimate of drug-likeness (QED) is 0.184. The molecule has 0 aromatic rings. The van der Waals surface area contributed by atoms with Crippen LogP contribution in [0.4, 0.5) is 0 Å². The molecule has 0 aromatic heterocycles. The zero-order valence-corrected chi connectivity index (χ0v) is 13.2. The van der Waals surface area contributed by atoms with Crippen LogP contribution in [-0.4, -0.2) is 5.88 Å². The van der Waals surface area contributed by atoms with Gasteiger partial charge in [-0.15, -0.1) is 11.6 Å². The van der Waals surface area contributed by atoms with E-state index in [9.17, 15) is 0 Å². The van der Waals surface area contributed by atoms with Crippen molar-refractivity contribution < 1.29 is 0 Å². The van der Waals surface area contributed by atoms with E-state index in [1.54, 1.807) is 0 Å². The first-order valence-corrected chi connectivity index (χ1v) is 8.66. The molecule has 0 aromatic carbocycles. The molecule has 18 heavy (non-hydrogen) atoms. The molecule has 1 heteroatoms. The van der Waals surface area contributed by atoms with Crippen molar-refractivity contribution in [3.8, 4) is 0 Å². The molecule has 0 amide bonds. The zero-order chi connectivity index (χ0) is 13.3. The van der Waals surface area contributed by atoms with Crippen molar-refractivity contribution in [1.29, 1.82) is 0 Å². The topological polar surface area (TPSA) is 0 Å². The van der Waals surface area contributed by atoms with E-state index in [0.29, 0.717) is 0 Å². The highest BCUT2D eigenvalue weighted by Crippen LogP contribution is 2.10. The van der Waals surface area contributed by atoms with Crippen LogP contribution in [0, 0.1) is 0 Å². The van der Waals surface area contributed by atoms with Gasteiger partial charge >= 0.3 is 0 Å². The SMILES string of the molecule is CCCCCCC=CCCCCCCCCCCl. The summed E-state index contributed by atoms with van der Waals surface area (Å²) in [6.45, 7) is 2.27. The number of hydrogen-bond donors (Lipinski definition) is 0. The number of alkyl halides is 1. The fourth-order valence-corrected chi connectivity index (χ4v) is 2.35. The Kier molecular flexibility index (Phi) is 17.1. The number of halogens is 1. The second kappa shape index (κ2) is 17.0. The van der Waals surface area contributed by atoms with Crippen LogP contribution < -0.4 is 0 Å². The van der Waals surface area contributed by atoms with Gasteiger partial charge in [0.15, 0.2) is 0 Å². The van der Waals surface area contributed by atoms with Crippen LogP contribution in [0.25, 0.3) is 0 Å². The number of hydrogen-bond acceptors (Lipinski definition) is 0. The maximum Gasteiger partial charge on any atom is 0.0223 e. The first kappa shape index (κ1) is 18.0. The molecule has 0 aliphatic heterocycles. The molecule has 0 saturated carbocycles. The molecule has 0 atom stereocenters. The maximum absolute atomic E-state index is 5.64. The lowest BCUT2D eigenvalue weighted by molar-refractivity contribution is 0.592. The molecular weight excluding hydrogens is 240 g/mol. The third kappa shape index (κ3) is 16.0. The van der Waals surface area contributed by atoms with Crippen molar-refractivity contribution in [1.82, 2.24) is 0 Å². The highest BCUT2D eigenvalue weighted by atomic mass is 35.5. The standard InChI is InChI=1S/C17H33Cl/c1-2-3-4-5-6-7-8-9-10-11-12-13-14-15-16-17-18/h7-8H,2-6,9-17H2,1H3. The van der Waals surface area contributed by atoms with E-state index in [-0.39, 0.29) is 0 Å². The summed E-state index contributed by atoms with van der Waals surface area (Å²) in [6, 6.07) is 0. The molecule has 0 heterocycles. The van der Waals surface area contributed by atoms with Gasteiger partial charge in [-0.3, -0.25) is 0 Å². The number of rotatable bonds is 14. The van der Waals surface area contributed by atoms with Crippen molar-refractivity contribution in [3.63, 3.8) is 0 Å². The van der Waals surface area contributed by atoms with Gasteiger partial charge in [0.2, 0.25) is 0 Å². The Morgan fingerprint density at radius 3 is 1.56 bits per heavy atom. The molecule has 0 nitrogen and oxygen atoms in total. The van der Waals surface area contributed by atoms with E-state index in [0.717, 1.165) is 5.88 Å². The lowest BCUT2D eigenvalue weighted by atomic mass is 10.1. The molecule has 0 spiro atoms. The molecule has 0 rings (SSSR count). The third-order valence-corrected chi connectivity index (χ3v) is 3.66. The number of allylic oxidation sites excluding steroid dienone is 2. The Morgan fingerprint density at radius 2 is 1.06 bits per heavy atom. The molecular formula is C17H33Cl. The Morgan fingerprint density at radius 1 is 0.611 bits per heavy atom. The van der Waals surface area contributed by atoms with E-state index in [2.05, 4.69) is 19.1 Å². The summed E-state index contributed by atoms with van der Waals surface area (Å²) in [5, 5.41) is 0. The monoisotopic (exact) mass is 272 g/mol. The summed E-state index contributed by atoms with van der Waals surface area (Å²) in [5.41, 5.74) is 0. The molecule has 0 bridgehead atoms. The highest BCUT2D eigenvalue weighted by molar-refractivity contribution is 6.17. The zero-order valence-electron chi connectivity index (χ0n) is 12.4. The molecule has 0 aliphatic rings. The van der Waals surface area contributed by atoms with Gasteiger partial charge in [0.25, 0.3) is 0 Å². The van der Waals surface area contributed by atoms with E-state index < -0.39 is 0 Å². The van der Waals surface area contributed by atoms with E-state index >= 15 is 0 Å². The van der Waals surface area contributed by atoms with Gasteiger partial charge in [-0.25, -0.2) is 0 Å². The molecule has 0 unspecified atom stereocenters. The average molecular weight is 273 g/mol. The van der Waals surface area contributed by atoms with Crippen LogP contribution in [0.5, 0.6) is 0 Å². The summed E-state index contributed by atoms with van der Waals surface area (Å²) in [4.78, 5) is 0. The molecule has 0 fully saturated rings. The predicted octanol–water partition coefficient (Wildman–Crippen LogP) is 6.87. The van der Waals surface area contributed by atoms with Crippen molar-refractivity contribution >= 4 is 11.6 Å². The van der Waals surface area contributed by atoms with Gasteiger partial charge in [-0.05, 0) is 32.1 Å². The minimum absolute atomic E-state index is 0.836. The molecule has 0 radical (unpaired) electrons. The smallest absolute Gasteiger partial charge is 0.0223 e. The second-order valence-electron chi connectivity index (χ2n) is 5.27. The van der Waals surface area contributed by atoms with E-state index in [4.69, 9.17) is 11.6 Å². The minimum Gasteiger partial charge on any atom is -0.127 e. The Bertz CT molecular complexity index is 163. The summed E-state index contributed by atoms with van der Waals surface area (Å²) in [7, 11) is 0. The van der Waals surface area contributed by atoms with Gasteiger partial charge < -0.3 is 0 Å².